The summed E-state index contributed by atoms with van der Waals surface area (Å²) in [7, 11) is 1.80. The second-order valence-electron chi connectivity index (χ2n) is 5.14. The van der Waals surface area contributed by atoms with Crippen molar-refractivity contribution in [3.63, 3.8) is 0 Å². The highest BCUT2D eigenvalue weighted by Crippen LogP contribution is 2.19. The molecule has 0 spiro atoms. The monoisotopic (exact) mass is 327 g/mol. The van der Waals surface area contributed by atoms with E-state index in [4.69, 9.17) is 11.6 Å². The second kappa shape index (κ2) is 5.85. The zero-order valence-corrected chi connectivity index (χ0v) is 13.4. The van der Waals surface area contributed by atoms with Crippen molar-refractivity contribution >= 4 is 28.8 Å². The van der Waals surface area contributed by atoms with E-state index in [1.165, 1.54) is 12.2 Å². The van der Waals surface area contributed by atoms with Crippen LogP contribution in [-0.4, -0.2) is 20.9 Å². The van der Waals surface area contributed by atoms with Crippen molar-refractivity contribution in [1.82, 2.24) is 9.36 Å². The van der Waals surface area contributed by atoms with Crippen LogP contribution >= 0.6 is 11.6 Å². The lowest BCUT2D eigenvalue weighted by atomic mass is 10.1. The number of aliphatic imine (C=N–C) groups is 1. The highest BCUT2D eigenvalue weighted by Gasteiger charge is 2.17. The molecule has 0 saturated heterocycles. The van der Waals surface area contributed by atoms with Crippen LogP contribution in [0.2, 0.25) is 0 Å². The van der Waals surface area contributed by atoms with Gasteiger partial charge in [0.15, 0.2) is 11.5 Å². The first-order valence-electron chi connectivity index (χ1n) is 7.01. The smallest absolute Gasteiger partial charge is 0.288 e. The summed E-state index contributed by atoms with van der Waals surface area (Å²) in [6.07, 6.45) is 4.35. The first-order chi connectivity index (χ1) is 11.0. The van der Waals surface area contributed by atoms with Crippen LogP contribution in [-0.2, 0) is 11.8 Å². The summed E-state index contributed by atoms with van der Waals surface area (Å²) >= 11 is 5.83. The third-order valence-corrected chi connectivity index (χ3v) is 3.98. The molecule has 0 aliphatic heterocycles. The molecule has 0 fully saturated rings. The number of nitrogens with zero attached hydrogens (tertiary/aromatic N) is 3. The molecule has 0 atom stereocenters. The Morgan fingerprint density at radius 2 is 1.78 bits per heavy atom. The molecular formula is C17H14ClN3O2. The van der Waals surface area contributed by atoms with Crippen LogP contribution in [0.5, 0.6) is 0 Å². The lowest BCUT2D eigenvalue weighted by Gasteiger charge is -2.07. The number of hydrogen-bond donors (Lipinski definition) is 0. The molecule has 1 aromatic carbocycles. The molecule has 0 amide bonds. The summed E-state index contributed by atoms with van der Waals surface area (Å²) < 4.78 is 3.30. The van der Waals surface area contributed by atoms with E-state index in [1.54, 1.807) is 22.5 Å². The Bertz CT molecular complexity index is 931. The molecule has 1 aliphatic carbocycles. The molecule has 6 heteroatoms. The Labute approximate surface area is 137 Å². The van der Waals surface area contributed by atoms with Crippen LogP contribution < -0.4 is 5.56 Å². The van der Waals surface area contributed by atoms with Crippen molar-refractivity contribution in [2.45, 2.75) is 6.92 Å². The minimum atomic E-state index is -0.267. The van der Waals surface area contributed by atoms with E-state index >= 15 is 0 Å². The topological polar surface area (TPSA) is 56.4 Å². The lowest BCUT2D eigenvalue weighted by Crippen LogP contribution is -2.19. The molecule has 0 N–H and O–H groups in total. The molecule has 0 bridgehead atoms. The number of carbonyl (C=O) groups is 1. The van der Waals surface area contributed by atoms with Gasteiger partial charge in [-0.05, 0) is 37.3 Å². The van der Waals surface area contributed by atoms with Crippen molar-refractivity contribution in [2.75, 3.05) is 0 Å². The highest BCUT2D eigenvalue weighted by atomic mass is 35.5. The summed E-state index contributed by atoms with van der Waals surface area (Å²) in [5, 5.41) is 0.0863. The maximum Gasteiger partial charge on any atom is 0.297 e. The SMILES string of the molecule is Cc1c(N=C2C=CC(=O)C(Cl)=C2)c(=O)n(-c2ccccc2)n1C. The summed E-state index contributed by atoms with van der Waals surface area (Å²) in [5.74, 6) is -0.267. The number of rotatable bonds is 2. The zero-order valence-electron chi connectivity index (χ0n) is 12.7. The number of hydrogen-bond acceptors (Lipinski definition) is 3. The number of halogens is 1. The summed E-state index contributed by atoms with van der Waals surface area (Å²) in [5.41, 5.74) is 2.06. The molecule has 0 saturated carbocycles. The third kappa shape index (κ3) is 2.71. The molecule has 0 unspecified atom stereocenters. The molecule has 0 radical (unpaired) electrons. The quantitative estimate of drug-likeness (QED) is 0.796. The summed E-state index contributed by atoms with van der Waals surface area (Å²) in [6, 6.07) is 9.34. The van der Waals surface area contributed by atoms with Gasteiger partial charge in [-0.15, -0.1) is 0 Å². The van der Waals surface area contributed by atoms with Crippen LogP contribution in [0, 0.1) is 6.92 Å². The van der Waals surface area contributed by atoms with Crippen LogP contribution in [0.25, 0.3) is 5.69 Å². The molecule has 3 rings (SSSR count). The van der Waals surface area contributed by atoms with Gasteiger partial charge >= 0.3 is 0 Å². The summed E-state index contributed by atoms with van der Waals surface area (Å²) in [6.45, 7) is 1.82. The first kappa shape index (κ1) is 15.2. The molecule has 116 valence electrons. The van der Waals surface area contributed by atoms with Crippen LogP contribution in [0.15, 0.2) is 63.4 Å². The molecule has 1 aliphatic rings. The van der Waals surface area contributed by atoms with Gasteiger partial charge in [-0.2, -0.15) is 0 Å². The maximum absolute atomic E-state index is 12.7. The second-order valence-corrected chi connectivity index (χ2v) is 5.54. The van der Waals surface area contributed by atoms with Gasteiger partial charge < -0.3 is 0 Å². The van der Waals surface area contributed by atoms with Crippen LogP contribution in [0.4, 0.5) is 5.69 Å². The molecule has 2 aromatic rings. The van der Waals surface area contributed by atoms with Crippen molar-refractivity contribution in [1.29, 1.82) is 0 Å². The Balaban J connectivity index is 2.15. The fourth-order valence-electron chi connectivity index (χ4n) is 2.37. The van der Waals surface area contributed by atoms with Crippen LogP contribution in [0.1, 0.15) is 5.69 Å². The third-order valence-electron chi connectivity index (χ3n) is 3.68. The normalized spacial score (nSPS) is 16.0. The van der Waals surface area contributed by atoms with E-state index in [0.29, 0.717) is 11.4 Å². The predicted molar refractivity (Wildman–Crippen MR) is 90.9 cm³/mol. The average molecular weight is 328 g/mol. The van der Waals surface area contributed by atoms with Gasteiger partial charge in [0.25, 0.3) is 5.56 Å². The van der Waals surface area contributed by atoms with Gasteiger partial charge in [0.1, 0.15) is 0 Å². The van der Waals surface area contributed by atoms with Crippen molar-refractivity contribution in [2.24, 2.45) is 12.0 Å². The minimum Gasteiger partial charge on any atom is -0.288 e. The van der Waals surface area contributed by atoms with Gasteiger partial charge in [-0.25, -0.2) is 9.67 Å². The lowest BCUT2D eigenvalue weighted by molar-refractivity contribution is -0.110. The number of benzene rings is 1. The number of para-hydroxylation sites is 1. The van der Waals surface area contributed by atoms with Crippen molar-refractivity contribution in [3.05, 3.63) is 69.6 Å². The molecule has 23 heavy (non-hydrogen) atoms. The van der Waals surface area contributed by atoms with E-state index in [1.807, 2.05) is 37.3 Å². The van der Waals surface area contributed by atoms with Gasteiger partial charge in [-0.3, -0.25) is 14.3 Å². The van der Waals surface area contributed by atoms with E-state index < -0.39 is 0 Å². The number of ketones is 1. The minimum absolute atomic E-state index is 0.0863. The van der Waals surface area contributed by atoms with E-state index in [-0.39, 0.29) is 16.4 Å². The van der Waals surface area contributed by atoms with Gasteiger partial charge in [-0.1, -0.05) is 29.8 Å². The maximum atomic E-state index is 12.7. The fourth-order valence-corrected chi connectivity index (χ4v) is 2.55. The van der Waals surface area contributed by atoms with Gasteiger partial charge in [0.2, 0.25) is 0 Å². The molecule has 5 nitrogen and oxygen atoms in total. The Hall–Kier alpha value is -2.66. The van der Waals surface area contributed by atoms with Crippen molar-refractivity contribution in [3.8, 4) is 5.69 Å². The molecule has 1 heterocycles. The predicted octanol–water partition coefficient (Wildman–Crippen LogP) is 2.82. The van der Waals surface area contributed by atoms with Gasteiger partial charge in [0, 0.05) is 7.05 Å². The number of aromatic nitrogens is 2. The fraction of sp³-hybridized carbons (Fsp3) is 0.118. The van der Waals surface area contributed by atoms with E-state index in [2.05, 4.69) is 4.99 Å². The Kier molecular flexibility index (Phi) is 3.88. The largest absolute Gasteiger partial charge is 0.297 e. The average Bonchev–Trinajstić information content (AvgIpc) is 2.75. The Morgan fingerprint density at radius 3 is 2.43 bits per heavy atom. The standard InChI is InChI=1S/C17H14ClN3O2/c1-11-16(19-12-8-9-15(22)14(18)10-12)17(23)21(20(11)2)13-6-4-3-5-7-13/h3-10H,1-2H3. The van der Waals surface area contributed by atoms with E-state index in [0.717, 1.165) is 11.4 Å². The summed E-state index contributed by atoms with van der Waals surface area (Å²) in [4.78, 5) is 28.4. The van der Waals surface area contributed by atoms with Gasteiger partial charge in [0.05, 0.1) is 22.1 Å². The first-order valence-corrected chi connectivity index (χ1v) is 7.39. The Morgan fingerprint density at radius 1 is 1.09 bits per heavy atom. The number of allylic oxidation sites excluding steroid dienone is 4. The number of carbonyl (C=O) groups excluding carboxylic acids is 1. The zero-order chi connectivity index (χ0) is 16.6. The highest BCUT2D eigenvalue weighted by molar-refractivity contribution is 6.47. The van der Waals surface area contributed by atoms with E-state index in [9.17, 15) is 9.59 Å². The molecular weight excluding hydrogens is 314 g/mol. The van der Waals surface area contributed by atoms with Crippen molar-refractivity contribution < 1.29 is 4.79 Å². The molecule has 1 aromatic heterocycles. The van der Waals surface area contributed by atoms with Crippen LogP contribution in [0.3, 0.4) is 0 Å².